The van der Waals surface area contributed by atoms with Gasteiger partial charge in [0.1, 0.15) is 0 Å². The maximum atomic E-state index is 13.1. The van der Waals surface area contributed by atoms with Crippen molar-refractivity contribution in [3.05, 3.63) is 53.4 Å². The topological polar surface area (TPSA) is 94.6 Å². The molecule has 4 rings (SSSR count). The lowest BCUT2D eigenvalue weighted by Gasteiger charge is -2.35. The van der Waals surface area contributed by atoms with Gasteiger partial charge in [0.2, 0.25) is 5.91 Å². The van der Waals surface area contributed by atoms with Gasteiger partial charge in [-0.05, 0) is 43.4 Å². The Morgan fingerprint density at radius 1 is 1.06 bits per heavy atom. The van der Waals surface area contributed by atoms with Gasteiger partial charge < -0.3 is 15.1 Å². The van der Waals surface area contributed by atoms with Crippen LogP contribution in [0.15, 0.2) is 52.7 Å². The minimum atomic E-state index is -4.57. The van der Waals surface area contributed by atoms with Gasteiger partial charge in [-0.3, -0.25) is 9.52 Å². The lowest BCUT2D eigenvalue weighted by molar-refractivity contribution is -0.137. The molecule has 1 fully saturated rings. The van der Waals surface area contributed by atoms with E-state index >= 15 is 0 Å². The molecule has 0 atom stereocenters. The number of piperazine rings is 1. The van der Waals surface area contributed by atoms with E-state index in [9.17, 15) is 26.4 Å². The fraction of sp³-hybridized carbons (Fsp3) is 0.304. The van der Waals surface area contributed by atoms with E-state index in [-0.39, 0.29) is 16.5 Å². The molecule has 13 heteroatoms. The molecule has 0 spiro atoms. The fourth-order valence-corrected chi connectivity index (χ4v) is 5.57. The first kappa shape index (κ1) is 25.9. The molecule has 2 heterocycles. The summed E-state index contributed by atoms with van der Waals surface area (Å²) in [6.45, 7) is 4.31. The average molecular weight is 540 g/mol. The molecular formula is C23H24F3N5O3S2. The third-order valence-electron chi connectivity index (χ3n) is 5.66. The van der Waals surface area contributed by atoms with Crippen molar-refractivity contribution < 1.29 is 26.4 Å². The number of benzene rings is 2. The Balaban J connectivity index is 1.69. The van der Waals surface area contributed by atoms with Gasteiger partial charge >= 0.3 is 6.18 Å². The summed E-state index contributed by atoms with van der Waals surface area (Å²) in [5, 5.41) is 4.77. The molecule has 8 nitrogen and oxygen atoms in total. The van der Waals surface area contributed by atoms with Crippen LogP contribution in [0.1, 0.15) is 12.5 Å². The van der Waals surface area contributed by atoms with Crippen LogP contribution in [0.3, 0.4) is 0 Å². The van der Waals surface area contributed by atoms with Crippen LogP contribution in [0, 0.1) is 0 Å². The average Bonchev–Trinajstić information content (AvgIpc) is 3.27. The lowest BCUT2D eigenvalue weighted by Crippen LogP contribution is -2.44. The number of likely N-dealkylation sites (N-methyl/N-ethyl adjacent to an activating group) is 1. The molecule has 2 N–H and O–H groups in total. The molecule has 1 saturated heterocycles. The molecule has 36 heavy (non-hydrogen) atoms. The minimum Gasteiger partial charge on any atom is -0.367 e. The normalized spacial score (nSPS) is 15.1. The first-order chi connectivity index (χ1) is 16.9. The number of hydrogen-bond donors (Lipinski definition) is 2. The molecule has 0 saturated carbocycles. The zero-order valence-electron chi connectivity index (χ0n) is 19.5. The number of thiazole rings is 1. The molecule has 192 valence electrons. The molecule has 1 aliphatic heterocycles. The minimum absolute atomic E-state index is 0.258. The second kappa shape index (κ2) is 10.1. The van der Waals surface area contributed by atoms with E-state index in [1.165, 1.54) is 18.3 Å². The molecular weight excluding hydrogens is 515 g/mol. The van der Waals surface area contributed by atoms with Gasteiger partial charge in [0.15, 0.2) is 5.13 Å². The van der Waals surface area contributed by atoms with Gasteiger partial charge in [-0.1, -0.05) is 6.07 Å². The number of carbonyl (C=O) groups is 1. The van der Waals surface area contributed by atoms with Crippen molar-refractivity contribution >= 4 is 43.8 Å². The van der Waals surface area contributed by atoms with Crippen LogP contribution in [0.4, 0.5) is 29.7 Å². The Kier molecular flexibility index (Phi) is 7.25. The number of nitrogens with one attached hydrogen (secondary N) is 2. The molecule has 1 aliphatic rings. The molecule has 1 aromatic heterocycles. The molecule has 0 radical (unpaired) electrons. The van der Waals surface area contributed by atoms with Crippen LogP contribution in [-0.4, -0.2) is 57.4 Å². The van der Waals surface area contributed by atoms with E-state index in [0.29, 0.717) is 35.2 Å². The summed E-state index contributed by atoms with van der Waals surface area (Å²) in [6, 6.07) is 8.60. The number of nitrogens with zero attached hydrogens (tertiary/aromatic N) is 3. The molecule has 1 amide bonds. The van der Waals surface area contributed by atoms with Gasteiger partial charge in [0.05, 0.1) is 27.5 Å². The van der Waals surface area contributed by atoms with Crippen LogP contribution in [-0.2, 0) is 21.0 Å². The highest BCUT2D eigenvalue weighted by molar-refractivity contribution is 7.92. The van der Waals surface area contributed by atoms with Gasteiger partial charge in [0.25, 0.3) is 10.0 Å². The number of halogens is 3. The summed E-state index contributed by atoms with van der Waals surface area (Å²) in [4.78, 5) is 19.6. The maximum absolute atomic E-state index is 13.1. The van der Waals surface area contributed by atoms with E-state index < -0.39 is 21.8 Å². The van der Waals surface area contributed by atoms with Gasteiger partial charge in [-0.15, -0.1) is 11.3 Å². The summed E-state index contributed by atoms with van der Waals surface area (Å²) in [7, 11) is -2.18. The number of carbonyl (C=O) groups excluding carboxylic acids is 1. The highest BCUT2D eigenvalue weighted by Crippen LogP contribution is 2.35. The lowest BCUT2D eigenvalue weighted by atomic mass is 10.1. The summed E-state index contributed by atoms with van der Waals surface area (Å²) in [6.07, 6.45) is -4.57. The summed E-state index contributed by atoms with van der Waals surface area (Å²) in [5.41, 5.74) is 1.17. The predicted octanol–water partition coefficient (Wildman–Crippen LogP) is 4.34. The molecule has 3 aromatic rings. The van der Waals surface area contributed by atoms with E-state index in [1.54, 1.807) is 17.5 Å². The van der Waals surface area contributed by atoms with Crippen molar-refractivity contribution in [3.63, 3.8) is 0 Å². The second-order valence-electron chi connectivity index (χ2n) is 8.37. The van der Waals surface area contributed by atoms with Crippen molar-refractivity contribution in [2.75, 3.05) is 48.2 Å². The number of rotatable bonds is 6. The Morgan fingerprint density at radius 3 is 2.33 bits per heavy atom. The quantitative estimate of drug-likeness (QED) is 0.484. The Morgan fingerprint density at radius 2 is 1.72 bits per heavy atom. The van der Waals surface area contributed by atoms with Crippen molar-refractivity contribution in [1.29, 1.82) is 0 Å². The van der Waals surface area contributed by atoms with Crippen molar-refractivity contribution in [3.8, 4) is 11.3 Å². The van der Waals surface area contributed by atoms with Gasteiger partial charge in [0, 0.05) is 44.0 Å². The molecule has 0 bridgehead atoms. The summed E-state index contributed by atoms with van der Waals surface area (Å²) < 4.78 is 67.6. The number of amides is 1. The summed E-state index contributed by atoms with van der Waals surface area (Å²) >= 11 is 1.23. The Bertz CT molecular complexity index is 1350. The van der Waals surface area contributed by atoms with Crippen LogP contribution < -0.4 is 14.9 Å². The third-order valence-corrected chi connectivity index (χ3v) is 7.80. The molecule has 2 aromatic carbocycles. The first-order valence-electron chi connectivity index (χ1n) is 10.9. The first-order valence-corrected chi connectivity index (χ1v) is 13.3. The van der Waals surface area contributed by atoms with Crippen molar-refractivity contribution in [2.24, 2.45) is 0 Å². The van der Waals surface area contributed by atoms with E-state index in [2.05, 4.69) is 24.8 Å². The van der Waals surface area contributed by atoms with Crippen LogP contribution in [0.25, 0.3) is 11.3 Å². The van der Waals surface area contributed by atoms with Crippen LogP contribution >= 0.6 is 11.3 Å². The smallest absolute Gasteiger partial charge is 0.367 e. The highest BCUT2D eigenvalue weighted by Gasteiger charge is 2.31. The van der Waals surface area contributed by atoms with Gasteiger partial charge in [-0.25, -0.2) is 13.4 Å². The third kappa shape index (κ3) is 5.97. The predicted molar refractivity (Wildman–Crippen MR) is 134 cm³/mol. The van der Waals surface area contributed by atoms with E-state index in [4.69, 9.17) is 0 Å². The second-order valence-corrected chi connectivity index (χ2v) is 10.9. The van der Waals surface area contributed by atoms with Crippen molar-refractivity contribution in [2.45, 2.75) is 18.0 Å². The number of alkyl halides is 3. The Hall–Kier alpha value is -3.16. The SMILES string of the molecule is CC(=O)Nc1nc(-c2ccc(N3CCN(C)CC3)c(NS(=O)(=O)c3ccc(C(F)(F)F)cc3)c2)cs1. The standard InChI is InChI=1S/C23H24F3N5O3S2/c1-15(32)27-22-28-20(14-35-22)16-3-8-21(31-11-9-30(2)10-12-31)19(13-16)29-36(33,34)18-6-4-17(5-7-18)23(24,25)26/h3-8,13-14,29H,9-12H2,1-2H3,(H,27,28,32). The Labute approximate surface area is 210 Å². The highest BCUT2D eigenvalue weighted by atomic mass is 32.2. The van der Waals surface area contributed by atoms with Gasteiger partial charge in [-0.2, -0.15) is 13.2 Å². The zero-order chi connectivity index (χ0) is 26.1. The largest absolute Gasteiger partial charge is 0.416 e. The monoisotopic (exact) mass is 539 g/mol. The molecule has 0 unspecified atom stereocenters. The summed E-state index contributed by atoms with van der Waals surface area (Å²) in [5.74, 6) is -0.258. The van der Waals surface area contributed by atoms with E-state index in [0.717, 1.165) is 37.4 Å². The fourth-order valence-electron chi connectivity index (χ4n) is 3.74. The van der Waals surface area contributed by atoms with E-state index in [1.807, 2.05) is 13.1 Å². The number of aromatic nitrogens is 1. The number of hydrogen-bond acceptors (Lipinski definition) is 7. The molecule has 0 aliphatic carbocycles. The number of anilines is 3. The van der Waals surface area contributed by atoms with Crippen molar-refractivity contribution in [1.82, 2.24) is 9.88 Å². The number of sulfonamides is 1. The van der Waals surface area contributed by atoms with Crippen LogP contribution in [0.5, 0.6) is 0 Å². The van der Waals surface area contributed by atoms with Crippen LogP contribution in [0.2, 0.25) is 0 Å². The zero-order valence-corrected chi connectivity index (χ0v) is 21.1. The maximum Gasteiger partial charge on any atom is 0.416 e.